The van der Waals surface area contributed by atoms with Crippen LogP contribution >= 0.6 is 0 Å². The first-order chi connectivity index (χ1) is 17.1. The Labute approximate surface area is 210 Å². The Morgan fingerprint density at radius 1 is 1.11 bits per heavy atom. The summed E-state index contributed by atoms with van der Waals surface area (Å²) >= 11 is 0. The number of benzene rings is 1. The van der Waals surface area contributed by atoms with Crippen molar-refractivity contribution in [3.05, 3.63) is 48.0 Å². The third kappa shape index (κ3) is 6.46. The predicted octanol–water partition coefficient (Wildman–Crippen LogP) is 4.71. The largest absolute Gasteiger partial charge is 0.492 e. The molecule has 0 radical (unpaired) electrons. The highest BCUT2D eigenvalue weighted by atomic mass is 16.5. The molecule has 190 valence electrons. The van der Waals surface area contributed by atoms with Crippen molar-refractivity contribution < 1.29 is 9.53 Å². The average molecular weight is 479 g/mol. The Bertz CT molecular complexity index is 975. The molecule has 1 spiro atoms. The molecule has 2 fully saturated rings. The van der Waals surface area contributed by atoms with E-state index in [0.717, 1.165) is 76.1 Å². The molecule has 1 saturated carbocycles. The number of ether oxygens (including phenoxy) is 1. The van der Waals surface area contributed by atoms with E-state index in [1.54, 1.807) is 0 Å². The minimum absolute atomic E-state index is 0.293. The van der Waals surface area contributed by atoms with Gasteiger partial charge in [0.05, 0.1) is 0 Å². The van der Waals surface area contributed by atoms with Crippen LogP contribution in [0.15, 0.2) is 36.7 Å². The van der Waals surface area contributed by atoms with Crippen LogP contribution in [0.3, 0.4) is 0 Å². The summed E-state index contributed by atoms with van der Waals surface area (Å²) in [5.41, 5.74) is 1.68. The topological polar surface area (TPSA) is 50.6 Å². The first-order valence-electron chi connectivity index (χ1n) is 13.8. The molecule has 3 aliphatic rings. The van der Waals surface area contributed by atoms with Crippen LogP contribution in [0.5, 0.6) is 5.75 Å². The van der Waals surface area contributed by atoms with Crippen LogP contribution in [0, 0.1) is 18.3 Å². The predicted molar refractivity (Wildman–Crippen MR) is 138 cm³/mol. The van der Waals surface area contributed by atoms with Gasteiger partial charge in [-0.1, -0.05) is 24.6 Å². The van der Waals surface area contributed by atoms with Crippen LogP contribution in [0.2, 0.25) is 0 Å². The molecule has 1 aromatic carbocycles. The summed E-state index contributed by atoms with van der Waals surface area (Å²) in [6.07, 6.45) is 14.2. The number of nitrogens with zero attached hydrogens (tertiary/aromatic N) is 4. The molecule has 35 heavy (non-hydrogen) atoms. The third-order valence-corrected chi connectivity index (χ3v) is 8.48. The summed E-state index contributed by atoms with van der Waals surface area (Å²) in [6.45, 7) is 8.65. The number of hydrogen-bond donors (Lipinski definition) is 0. The van der Waals surface area contributed by atoms with E-state index in [4.69, 9.17) is 4.74 Å². The zero-order valence-corrected chi connectivity index (χ0v) is 21.5. The Hall–Kier alpha value is -2.34. The second kappa shape index (κ2) is 11.2. The van der Waals surface area contributed by atoms with Crippen LogP contribution in [-0.2, 0) is 17.8 Å². The molecule has 6 heteroatoms. The lowest BCUT2D eigenvalue weighted by molar-refractivity contribution is -0.134. The van der Waals surface area contributed by atoms with E-state index in [0.29, 0.717) is 17.7 Å². The summed E-state index contributed by atoms with van der Waals surface area (Å²) in [7, 11) is 0. The van der Waals surface area contributed by atoms with Crippen molar-refractivity contribution in [2.75, 3.05) is 39.3 Å². The lowest BCUT2D eigenvalue weighted by Gasteiger charge is -2.45. The van der Waals surface area contributed by atoms with Crippen molar-refractivity contribution in [2.24, 2.45) is 11.3 Å². The number of aromatic nitrogens is 2. The Morgan fingerprint density at radius 3 is 2.71 bits per heavy atom. The van der Waals surface area contributed by atoms with E-state index >= 15 is 0 Å². The van der Waals surface area contributed by atoms with Crippen LogP contribution in [0.4, 0.5) is 0 Å². The molecular weight excluding hydrogens is 436 g/mol. The number of rotatable bonds is 5. The number of piperidine rings is 1. The lowest BCUT2D eigenvalue weighted by Crippen LogP contribution is -2.49. The average Bonchev–Trinajstić information content (AvgIpc) is 3.59. The van der Waals surface area contributed by atoms with Crippen molar-refractivity contribution in [3.63, 3.8) is 0 Å². The number of fused-ring (bicyclic) bond motifs is 1. The number of aryl methyl sites for hydroxylation is 3. The minimum Gasteiger partial charge on any atom is -0.492 e. The second-order valence-electron chi connectivity index (χ2n) is 11.1. The number of imidazole rings is 1. The van der Waals surface area contributed by atoms with Gasteiger partial charge in [-0.15, -0.1) is 0 Å². The molecule has 1 saturated heterocycles. The first-order valence-corrected chi connectivity index (χ1v) is 13.8. The number of likely N-dealkylation sites (tertiary alicyclic amines) is 1. The third-order valence-electron chi connectivity index (χ3n) is 8.48. The molecule has 0 atom stereocenters. The van der Waals surface area contributed by atoms with Gasteiger partial charge in [0.25, 0.3) is 0 Å². The Balaban J connectivity index is 1.21. The number of hydrogen-bond acceptors (Lipinski definition) is 4. The second-order valence-corrected chi connectivity index (χ2v) is 11.1. The monoisotopic (exact) mass is 478 g/mol. The molecule has 0 N–H and O–H groups in total. The van der Waals surface area contributed by atoms with Crippen molar-refractivity contribution in [1.82, 2.24) is 19.4 Å². The maximum atomic E-state index is 13.0. The zero-order valence-electron chi connectivity index (χ0n) is 21.5. The Morgan fingerprint density at radius 2 is 1.94 bits per heavy atom. The molecule has 3 heterocycles. The standard InChI is InChI=1S/C29H42N4O2/c1-24-30-15-19-32(24)16-11-28(34)33-17-13-29(14-18-33)12-5-4-7-26-6-2-3-8-27(26)35-21-20-31(23-29)22-25-9-10-25/h2-3,6,8,15,19,25H,4-5,7,9-14,16-18,20-23H2,1H3. The molecule has 0 unspecified atom stereocenters. The summed E-state index contributed by atoms with van der Waals surface area (Å²) in [4.78, 5) is 22.1. The summed E-state index contributed by atoms with van der Waals surface area (Å²) in [5.74, 6) is 3.22. The van der Waals surface area contributed by atoms with E-state index in [-0.39, 0.29) is 0 Å². The smallest absolute Gasteiger partial charge is 0.224 e. The normalized spacial score (nSPS) is 21.6. The quantitative estimate of drug-likeness (QED) is 0.625. The maximum absolute atomic E-state index is 13.0. The van der Waals surface area contributed by atoms with E-state index in [1.165, 1.54) is 44.2 Å². The highest BCUT2D eigenvalue weighted by molar-refractivity contribution is 5.76. The first kappa shape index (κ1) is 24.4. The van der Waals surface area contributed by atoms with Gasteiger partial charge in [0, 0.05) is 58.1 Å². The highest BCUT2D eigenvalue weighted by Gasteiger charge is 2.38. The number of carbonyl (C=O) groups excluding carboxylic acids is 1. The molecule has 1 aromatic heterocycles. The molecule has 1 amide bonds. The van der Waals surface area contributed by atoms with Crippen LogP contribution in [0.25, 0.3) is 0 Å². The van der Waals surface area contributed by atoms with Gasteiger partial charge in [0.2, 0.25) is 5.91 Å². The molecule has 5 rings (SSSR count). The number of amides is 1. The number of para-hydroxylation sites is 1. The van der Waals surface area contributed by atoms with Gasteiger partial charge in [-0.25, -0.2) is 4.98 Å². The van der Waals surface area contributed by atoms with Crippen LogP contribution < -0.4 is 4.74 Å². The molecule has 0 bridgehead atoms. The van der Waals surface area contributed by atoms with Gasteiger partial charge >= 0.3 is 0 Å². The van der Waals surface area contributed by atoms with Crippen molar-refractivity contribution in [2.45, 2.75) is 71.3 Å². The molecule has 1 aliphatic carbocycles. The van der Waals surface area contributed by atoms with Gasteiger partial charge in [-0.2, -0.15) is 0 Å². The van der Waals surface area contributed by atoms with Crippen molar-refractivity contribution >= 4 is 5.91 Å². The highest BCUT2D eigenvalue weighted by Crippen LogP contribution is 2.40. The summed E-state index contributed by atoms with van der Waals surface area (Å²) in [5, 5.41) is 0. The Kier molecular flexibility index (Phi) is 7.76. The van der Waals surface area contributed by atoms with E-state index < -0.39 is 0 Å². The van der Waals surface area contributed by atoms with Gasteiger partial charge in [-0.3, -0.25) is 9.69 Å². The molecule has 2 aliphatic heterocycles. The zero-order chi connectivity index (χ0) is 24.1. The van der Waals surface area contributed by atoms with Crippen molar-refractivity contribution in [3.8, 4) is 5.75 Å². The summed E-state index contributed by atoms with van der Waals surface area (Å²) < 4.78 is 8.36. The van der Waals surface area contributed by atoms with Crippen LogP contribution in [0.1, 0.15) is 62.8 Å². The van der Waals surface area contributed by atoms with Gasteiger partial charge < -0.3 is 14.2 Å². The van der Waals surface area contributed by atoms with Crippen molar-refractivity contribution in [1.29, 1.82) is 0 Å². The van der Waals surface area contributed by atoms with Crippen LogP contribution in [-0.4, -0.2) is 64.6 Å². The lowest BCUT2D eigenvalue weighted by atomic mass is 9.73. The van der Waals surface area contributed by atoms with E-state index in [9.17, 15) is 4.79 Å². The van der Waals surface area contributed by atoms with E-state index in [1.807, 2.05) is 19.3 Å². The maximum Gasteiger partial charge on any atom is 0.224 e. The summed E-state index contributed by atoms with van der Waals surface area (Å²) in [6, 6.07) is 8.59. The SMILES string of the molecule is Cc1nccn1CCC(=O)N1CCC2(CCCCc3ccccc3OCCN(CC3CC3)C2)CC1. The minimum atomic E-state index is 0.293. The fourth-order valence-corrected chi connectivity index (χ4v) is 6.06. The fourth-order valence-electron chi connectivity index (χ4n) is 6.06. The molecular formula is C29H42N4O2. The van der Waals surface area contributed by atoms with Gasteiger partial charge in [0.15, 0.2) is 0 Å². The fraction of sp³-hybridized carbons (Fsp3) is 0.655. The van der Waals surface area contributed by atoms with Gasteiger partial charge in [0.1, 0.15) is 18.2 Å². The number of carbonyl (C=O) groups is 1. The molecule has 2 aromatic rings. The van der Waals surface area contributed by atoms with Gasteiger partial charge in [-0.05, 0) is 74.8 Å². The van der Waals surface area contributed by atoms with E-state index in [2.05, 4.69) is 43.6 Å². The molecule has 6 nitrogen and oxygen atoms in total.